The van der Waals surface area contributed by atoms with Gasteiger partial charge in [-0.15, -0.1) is 0 Å². The molecule has 2 bridgehead atoms. The first-order chi connectivity index (χ1) is 13.0. The van der Waals surface area contributed by atoms with Gasteiger partial charge in [-0.05, 0) is 48.6 Å². The van der Waals surface area contributed by atoms with E-state index >= 15 is 0 Å². The van der Waals surface area contributed by atoms with Crippen molar-refractivity contribution in [3.05, 3.63) is 59.5 Å². The average Bonchev–Trinajstić information content (AvgIpc) is 3.42. The number of hydrogen-bond acceptors (Lipinski definition) is 5. The van der Waals surface area contributed by atoms with Gasteiger partial charge in [0.2, 0.25) is 17.6 Å². The van der Waals surface area contributed by atoms with Crippen molar-refractivity contribution >= 4 is 35.1 Å². The molecule has 4 atom stereocenters. The van der Waals surface area contributed by atoms with Gasteiger partial charge in [-0.3, -0.25) is 9.59 Å². The SMILES string of the molecule is O=C(Oc1ccc(Cl)cc1N1C(=O)[C@@H]2[C@H](C1=O)[C@@H]1C=C[C@@H]2C1)c1ccco1. The fourth-order valence-electron chi connectivity index (χ4n) is 4.44. The summed E-state index contributed by atoms with van der Waals surface area (Å²) in [6, 6.07) is 7.51. The number of imide groups is 1. The summed E-state index contributed by atoms with van der Waals surface area (Å²) >= 11 is 6.10. The zero-order valence-electron chi connectivity index (χ0n) is 14.0. The van der Waals surface area contributed by atoms with E-state index in [4.69, 9.17) is 20.8 Å². The monoisotopic (exact) mass is 383 g/mol. The maximum absolute atomic E-state index is 13.0. The number of halogens is 1. The number of fused-ring (bicyclic) bond motifs is 5. The van der Waals surface area contributed by atoms with E-state index in [9.17, 15) is 14.4 Å². The number of anilines is 1. The van der Waals surface area contributed by atoms with Crippen LogP contribution >= 0.6 is 11.6 Å². The predicted octanol–water partition coefficient (Wildman–Crippen LogP) is 3.46. The third kappa shape index (κ3) is 2.36. The molecule has 1 aromatic carbocycles. The molecule has 1 aromatic heterocycles. The van der Waals surface area contributed by atoms with Crippen molar-refractivity contribution in [3.8, 4) is 5.75 Å². The summed E-state index contributed by atoms with van der Waals surface area (Å²) in [6.07, 6.45) is 6.25. The summed E-state index contributed by atoms with van der Waals surface area (Å²) in [6.45, 7) is 0. The van der Waals surface area contributed by atoms with E-state index in [1.54, 1.807) is 6.07 Å². The van der Waals surface area contributed by atoms with Gasteiger partial charge in [0, 0.05) is 5.02 Å². The van der Waals surface area contributed by atoms with E-state index in [-0.39, 0.29) is 52.7 Å². The van der Waals surface area contributed by atoms with Crippen LogP contribution in [0.25, 0.3) is 0 Å². The molecule has 2 aromatic rings. The van der Waals surface area contributed by atoms with E-state index in [2.05, 4.69) is 0 Å². The van der Waals surface area contributed by atoms with Gasteiger partial charge in [-0.1, -0.05) is 23.8 Å². The Morgan fingerprint density at radius 3 is 2.44 bits per heavy atom. The van der Waals surface area contributed by atoms with Crippen LogP contribution in [0.5, 0.6) is 5.75 Å². The Balaban J connectivity index is 1.52. The molecule has 0 radical (unpaired) electrons. The number of esters is 1. The van der Waals surface area contributed by atoms with Crippen molar-refractivity contribution in [1.29, 1.82) is 0 Å². The van der Waals surface area contributed by atoms with Crippen molar-refractivity contribution in [2.24, 2.45) is 23.7 Å². The second-order valence-corrected chi connectivity index (χ2v) is 7.43. The minimum Gasteiger partial charge on any atom is -0.457 e. The molecular formula is C20H14ClNO5. The third-order valence-electron chi connectivity index (χ3n) is 5.56. The summed E-state index contributed by atoms with van der Waals surface area (Å²) in [5.74, 6) is -1.65. The van der Waals surface area contributed by atoms with Gasteiger partial charge < -0.3 is 9.15 Å². The van der Waals surface area contributed by atoms with E-state index in [0.29, 0.717) is 5.02 Å². The van der Waals surface area contributed by atoms with Crippen LogP contribution in [0.2, 0.25) is 5.02 Å². The van der Waals surface area contributed by atoms with Crippen molar-refractivity contribution in [3.63, 3.8) is 0 Å². The summed E-state index contributed by atoms with van der Waals surface area (Å²) in [4.78, 5) is 39.4. The standard InChI is InChI=1S/C20H14ClNO5/c21-12-5-6-14(27-20(25)15-2-1-7-26-15)13(9-12)22-18(23)16-10-3-4-11(8-10)17(16)19(22)24/h1-7,9-11,16-17H,8H2/t10-,11-,16-,17+/m1/s1. The molecule has 1 saturated heterocycles. The molecule has 136 valence electrons. The van der Waals surface area contributed by atoms with Crippen LogP contribution in [0.1, 0.15) is 17.0 Å². The largest absolute Gasteiger partial charge is 0.457 e. The highest BCUT2D eigenvalue weighted by Gasteiger charge is 2.60. The number of benzene rings is 1. The Kier molecular flexibility index (Phi) is 3.52. The topological polar surface area (TPSA) is 76.8 Å². The Morgan fingerprint density at radius 1 is 1.11 bits per heavy atom. The van der Waals surface area contributed by atoms with E-state index in [1.165, 1.54) is 30.5 Å². The van der Waals surface area contributed by atoms with Crippen LogP contribution in [0.3, 0.4) is 0 Å². The molecule has 2 fully saturated rings. The number of nitrogens with zero attached hydrogens (tertiary/aromatic N) is 1. The lowest BCUT2D eigenvalue weighted by atomic mass is 9.85. The van der Waals surface area contributed by atoms with Gasteiger partial charge in [0.05, 0.1) is 23.8 Å². The highest BCUT2D eigenvalue weighted by molar-refractivity contribution is 6.31. The molecule has 6 nitrogen and oxygen atoms in total. The average molecular weight is 384 g/mol. The Morgan fingerprint density at radius 2 is 1.81 bits per heavy atom. The number of allylic oxidation sites excluding steroid dienone is 2. The first-order valence-electron chi connectivity index (χ1n) is 8.66. The van der Waals surface area contributed by atoms with E-state index < -0.39 is 5.97 Å². The van der Waals surface area contributed by atoms with Crippen LogP contribution in [0.15, 0.2) is 53.2 Å². The van der Waals surface area contributed by atoms with Crippen molar-refractivity contribution in [1.82, 2.24) is 0 Å². The first kappa shape index (κ1) is 16.3. The Bertz CT molecular complexity index is 966. The number of carbonyl (C=O) groups excluding carboxylic acids is 3. The summed E-state index contributed by atoms with van der Waals surface area (Å²) in [7, 11) is 0. The molecule has 5 rings (SSSR count). The van der Waals surface area contributed by atoms with Crippen LogP contribution in [0, 0.1) is 23.7 Å². The van der Waals surface area contributed by atoms with E-state index in [1.807, 2.05) is 12.2 Å². The number of rotatable bonds is 3. The lowest BCUT2D eigenvalue weighted by Gasteiger charge is -2.20. The number of furan rings is 1. The van der Waals surface area contributed by atoms with Gasteiger partial charge >= 0.3 is 5.97 Å². The Hall–Kier alpha value is -2.86. The van der Waals surface area contributed by atoms with Gasteiger partial charge in [-0.2, -0.15) is 0 Å². The normalized spacial score (nSPS) is 28.1. The second-order valence-electron chi connectivity index (χ2n) is 6.99. The predicted molar refractivity (Wildman–Crippen MR) is 95.3 cm³/mol. The molecule has 3 aliphatic rings. The zero-order valence-corrected chi connectivity index (χ0v) is 14.8. The third-order valence-corrected chi connectivity index (χ3v) is 5.79. The molecule has 2 aliphatic carbocycles. The number of hydrogen-bond donors (Lipinski definition) is 0. The van der Waals surface area contributed by atoms with E-state index in [0.717, 1.165) is 11.3 Å². The number of carbonyl (C=O) groups is 3. The fraction of sp³-hybridized carbons (Fsp3) is 0.250. The minimum absolute atomic E-state index is 0.0223. The Labute approximate surface area is 159 Å². The van der Waals surface area contributed by atoms with Crippen molar-refractivity contribution in [2.75, 3.05) is 4.90 Å². The second kappa shape index (κ2) is 5.82. The highest BCUT2D eigenvalue weighted by Crippen LogP contribution is 2.54. The van der Waals surface area contributed by atoms with Crippen LogP contribution in [-0.2, 0) is 9.59 Å². The summed E-state index contributed by atoms with van der Waals surface area (Å²) < 4.78 is 10.4. The maximum Gasteiger partial charge on any atom is 0.379 e. The van der Waals surface area contributed by atoms with Gasteiger partial charge in [0.1, 0.15) is 0 Å². The molecule has 0 spiro atoms. The van der Waals surface area contributed by atoms with Gasteiger partial charge in [0.25, 0.3) is 0 Å². The van der Waals surface area contributed by atoms with Crippen LogP contribution in [0.4, 0.5) is 5.69 Å². The molecular weight excluding hydrogens is 370 g/mol. The number of amides is 2. The quantitative estimate of drug-likeness (QED) is 0.351. The van der Waals surface area contributed by atoms with Crippen molar-refractivity contribution < 1.29 is 23.5 Å². The van der Waals surface area contributed by atoms with Gasteiger partial charge in [-0.25, -0.2) is 9.69 Å². The molecule has 2 heterocycles. The number of ether oxygens (including phenoxy) is 1. The molecule has 1 saturated carbocycles. The molecule has 7 heteroatoms. The molecule has 0 N–H and O–H groups in total. The highest BCUT2D eigenvalue weighted by atomic mass is 35.5. The molecule has 0 unspecified atom stereocenters. The smallest absolute Gasteiger partial charge is 0.379 e. The van der Waals surface area contributed by atoms with Crippen molar-refractivity contribution in [2.45, 2.75) is 6.42 Å². The summed E-state index contributed by atoms with van der Waals surface area (Å²) in [5.41, 5.74) is 0.186. The van der Waals surface area contributed by atoms with Gasteiger partial charge in [0.15, 0.2) is 5.75 Å². The lowest BCUT2D eigenvalue weighted by Crippen LogP contribution is -2.33. The zero-order chi connectivity index (χ0) is 18.7. The van der Waals surface area contributed by atoms with Crippen LogP contribution in [-0.4, -0.2) is 17.8 Å². The maximum atomic E-state index is 13.0. The fourth-order valence-corrected chi connectivity index (χ4v) is 4.60. The summed E-state index contributed by atoms with van der Waals surface area (Å²) in [5, 5.41) is 0.335. The molecule has 2 amide bonds. The first-order valence-corrected chi connectivity index (χ1v) is 9.04. The molecule has 27 heavy (non-hydrogen) atoms. The molecule has 1 aliphatic heterocycles. The van der Waals surface area contributed by atoms with Crippen LogP contribution < -0.4 is 9.64 Å². The lowest BCUT2D eigenvalue weighted by molar-refractivity contribution is -0.123. The minimum atomic E-state index is -0.718.